The van der Waals surface area contributed by atoms with Gasteiger partial charge in [0.1, 0.15) is 0 Å². The van der Waals surface area contributed by atoms with Gasteiger partial charge >= 0.3 is 0 Å². The summed E-state index contributed by atoms with van der Waals surface area (Å²) in [5, 5.41) is 9.84. The van der Waals surface area contributed by atoms with Crippen LogP contribution >= 0.6 is 0 Å². The van der Waals surface area contributed by atoms with Crippen molar-refractivity contribution in [1.29, 1.82) is 0 Å². The number of hydrogen-bond donors (Lipinski definition) is 2. The molecule has 6 heteroatoms. The largest absolute Gasteiger partial charge is 0.391 e. The fraction of sp³-hybridized carbons (Fsp3) is 0.571. The lowest BCUT2D eigenvalue weighted by atomic mass is 9.98. The van der Waals surface area contributed by atoms with Crippen molar-refractivity contribution < 1.29 is 13.5 Å². The minimum Gasteiger partial charge on any atom is -0.391 e. The van der Waals surface area contributed by atoms with Crippen molar-refractivity contribution in [3.05, 3.63) is 35.4 Å². The van der Waals surface area contributed by atoms with Crippen molar-refractivity contribution in [2.75, 3.05) is 13.1 Å². The second-order valence-electron chi connectivity index (χ2n) is 5.47. The van der Waals surface area contributed by atoms with Crippen molar-refractivity contribution in [1.82, 2.24) is 4.31 Å². The molecule has 20 heavy (non-hydrogen) atoms. The summed E-state index contributed by atoms with van der Waals surface area (Å²) in [4.78, 5) is 0. The Hall–Kier alpha value is -0.950. The van der Waals surface area contributed by atoms with Crippen LogP contribution in [0.5, 0.6) is 0 Å². The highest BCUT2D eigenvalue weighted by Gasteiger charge is 2.31. The van der Waals surface area contributed by atoms with Crippen molar-refractivity contribution in [2.45, 2.75) is 31.7 Å². The van der Waals surface area contributed by atoms with E-state index in [-0.39, 0.29) is 18.2 Å². The number of nitrogens with two attached hydrogens (primary N) is 1. The maximum atomic E-state index is 12.4. The molecule has 2 rings (SSSR count). The van der Waals surface area contributed by atoms with Gasteiger partial charge in [0.2, 0.25) is 10.0 Å². The molecule has 0 bridgehead atoms. The van der Waals surface area contributed by atoms with E-state index in [4.69, 9.17) is 5.73 Å². The van der Waals surface area contributed by atoms with Crippen LogP contribution in [0.25, 0.3) is 0 Å². The highest BCUT2D eigenvalue weighted by molar-refractivity contribution is 7.88. The lowest BCUT2D eigenvalue weighted by molar-refractivity contribution is 0.0604. The maximum absolute atomic E-state index is 12.4. The van der Waals surface area contributed by atoms with Gasteiger partial charge in [-0.15, -0.1) is 0 Å². The van der Waals surface area contributed by atoms with Gasteiger partial charge in [-0.1, -0.05) is 31.2 Å². The molecule has 1 aliphatic rings. The molecule has 0 radical (unpaired) electrons. The van der Waals surface area contributed by atoms with E-state index in [9.17, 15) is 13.5 Å². The van der Waals surface area contributed by atoms with Gasteiger partial charge in [0.15, 0.2) is 0 Å². The Balaban J connectivity index is 2.10. The van der Waals surface area contributed by atoms with Crippen LogP contribution in [0.2, 0.25) is 0 Å². The van der Waals surface area contributed by atoms with Crippen LogP contribution in [0.3, 0.4) is 0 Å². The van der Waals surface area contributed by atoms with E-state index in [1.807, 2.05) is 25.1 Å². The van der Waals surface area contributed by atoms with Crippen LogP contribution in [0.1, 0.15) is 24.5 Å². The number of aliphatic hydroxyl groups excluding tert-OH is 1. The standard InChI is InChI=1S/C14H22N2O3S/c1-11-5-6-16(9-14(11)17)20(18,19)10-13-4-2-3-12(7-13)8-15/h2-4,7,11,14,17H,5-6,8-10,15H2,1H3. The summed E-state index contributed by atoms with van der Waals surface area (Å²) in [6.07, 6.45) is 0.123. The second-order valence-corrected chi connectivity index (χ2v) is 7.44. The zero-order chi connectivity index (χ0) is 14.8. The third kappa shape index (κ3) is 3.58. The van der Waals surface area contributed by atoms with Crippen LogP contribution in [-0.2, 0) is 22.3 Å². The lowest BCUT2D eigenvalue weighted by Crippen LogP contribution is -2.46. The number of aliphatic hydroxyl groups is 1. The Morgan fingerprint density at radius 2 is 2.10 bits per heavy atom. The van der Waals surface area contributed by atoms with Gasteiger partial charge in [-0.2, -0.15) is 4.31 Å². The summed E-state index contributed by atoms with van der Waals surface area (Å²) in [5.41, 5.74) is 7.22. The molecule has 1 saturated heterocycles. The smallest absolute Gasteiger partial charge is 0.218 e. The number of nitrogens with zero attached hydrogens (tertiary/aromatic N) is 1. The first-order valence-corrected chi connectivity index (χ1v) is 8.47. The first-order chi connectivity index (χ1) is 9.42. The third-order valence-electron chi connectivity index (χ3n) is 3.85. The second kappa shape index (κ2) is 6.22. The molecule has 1 aliphatic heterocycles. The molecule has 2 atom stereocenters. The molecule has 0 aromatic heterocycles. The highest BCUT2D eigenvalue weighted by Crippen LogP contribution is 2.21. The molecule has 3 N–H and O–H groups in total. The van der Waals surface area contributed by atoms with E-state index in [0.717, 1.165) is 11.1 Å². The number of rotatable bonds is 4. The lowest BCUT2D eigenvalue weighted by Gasteiger charge is -2.33. The summed E-state index contributed by atoms with van der Waals surface area (Å²) < 4.78 is 26.2. The minimum absolute atomic E-state index is 0.0397. The van der Waals surface area contributed by atoms with Gasteiger partial charge in [0.25, 0.3) is 0 Å². The van der Waals surface area contributed by atoms with E-state index in [1.54, 1.807) is 6.07 Å². The molecule has 2 unspecified atom stereocenters. The number of hydrogen-bond acceptors (Lipinski definition) is 4. The molecule has 1 aromatic carbocycles. The van der Waals surface area contributed by atoms with Crippen LogP contribution in [0.4, 0.5) is 0 Å². The van der Waals surface area contributed by atoms with Crippen molar-refractivity contribution in [2.24, 2.45) is 11.7 Å². The average Bonchev–Trinajstić information content (AvgIpc) is 2.41. The van der Waals surface area contributed by atoms with E-state index >= 15 is 0 Å². The first kappa shape index (κ1) is 15.4. The Labute approximate surface area is 120 Å². The van der Waals surface area contributed by atoms with E-state index in [2.05, 4.69) is 0 Å². The Kier molecular flexibility index (Phi) is 4.80. The topological polar surface area (TPSA) is 83.6 Å². The van der Waals surface area contributed by atoms with Crippen LogP contribution < -0.4 is 5.73 Å². The molecule has 5 nitrogen and oxygen atoms in total. The summed E-state index contributed by atoms with van der Waals surface area (Å²) in [6.45, 7) is 3.02. The number of benzene rings is 1. The van der Waals surface area contributed by atoms with Gasteiger partial charge in [0.05, 0.1) is 11.9 Å². The van der Waals surface area contributed by atoms with Crippen LogP contribution in [0, 0.1) is 5.92 Å². The van der Waals surface area contributed by atoms with Gasteiger partial charge < -0.3 is 10.8 Å². The summed E-state index contributed by atoms with van der Waals surface area (Å²) >= 11 is 0. The number of β-amino-alcohol motifs (C(OH)–C–C–N with tert-alkyl or cyclic N) is 1. The molecule has 0 spiro atoms. The Bertz CT molecular complexity index is 559. The van der Waals surface area contributed by atoms with Crippen molar-refractivity contribution >= 4 is 10.0 Å². The highest BCUT2D eigenvalue weighted by atomic mass is 32.2. The number of sulfonamides is 1. The van der Waals surface area contributed by atoms with Gasteiger partial charge in [-0.25, -0.2) is 8.42 Å². The SMILES string of the molecule is CC1CCN(S(=O)(=O)Cc2cccc(CN)c2)CC1O. The monoisotopic (exact) mass is 298 g/mol. The summed E-state index contributed by atoms with van der Waals surface area (Å²) in [7, 11) is -3.39. The molecule has 1 heterocycles. The predicted octanol–water partition coefficient (Wildman–Crippen LogP) is 0.678. The van der Waals surface area contributed by atoms with Gasteiger partial charge in [-0.05, 0) is 23.5 Å². The van der Waals surface area contributed by atoms with E-state index in [0.29, 0.717) is 19.5 Å². The molecule has 112 valence electrons. The molecule has 0 aliphatic carbocycles. The first-order valence-electron chi connectivity index (χ1n) is 6.86. The summed E-state index contributed by atoms with van der Waals surface area (Å²) in [5.74, 6) is 0.115. The van der Waals surface area contributed by atoms with E-state index < -0.39 is 16.1 Å². The zero-order valence-electron chi connectivity index (χ0n) is 11.7. The fourth-order valence-electron chi connectivity index (χ4n) is 2.42. The van der Waals surface area contributed by atoms with Crippen molar-refractivity contribution in [3.8, 4) is 0 Å². The number of piperidine rings is 1. The van der Waals surface area contributed by atoms with Gasteiger partial charge in [-0.3, -0.25) is 0 Å². The van der Waals surface area contributed by atoms with Crippen LogP contribution in [0.15, 0.2) is 24.3 Å². The van der Waals surface area contributed by atoms with Gasteiger partial charge in [0, 0.05) is 19.6 Å². The molecule has 1 fully saturated rings. The normalized spacial score (nSPS) is 24.8. The fourth-order valence-corrected chi connectivity index (χ4v) is 3.97. The molecular formula is C14H22N2O3S. The average molecular weight is 298 g/mol. The Morgan fingerprint density at radius 1 is 1.40 bits per heavy atom. The third-order valence-corrected chi connectivity index (χ3v) is 5.67. The van der Waals surface area contributed by atoms with E-state index in [1.165, 1.54) is 4.31 Å². The minimum atomic E-state index is -3.39. The molecule has 1 aromatic rings. The quantitative estimate of drug-likeness (QED) is 0.856. The van der Waals surface area contributed by atoms with Crippen LogP contribution in [-0.4, -0.2) is 37.0 Å². The Morgan fingerprint density at radius 3 is 2.75 bits per heavy atom. The molecular weight excluding hydrogens is 276 g/mol. The molecule has 0 saturated carbocycles. The predicted molar refractivity (Wildman–Crippen MR) is 78.3 cm³/mol. The maximum Gasteiger partial charge on any atom is 0.218 e. The summed E-state index contributed by atoms with van der Waals surface area (Å²) in [6, 6.07) is 7.31. The molecule has 0 amide bonds. The van der Waals surface area contributed by atoms with Crippen molar-refractivity contribution in [3.63, 3.8) is 0 Å². The zero-order valence-corrected chi connectivity index (χ0v) is 12.5.